The molecule has 3 heterocycles. The van der Waals surface area contributed by atoms with E-state index in [2.05, 4.69) is 4.72 Å². The minimum Gasteiger partial charge on any atom is -0.338 e. The number of carbonyl (C=O) groups is 1. The molecule has 7 nitrogen and oxygen atoms in total. The molecule has 5 rings (SSSR count). The Morgan fingerprint density at radius 2 is 1.68 bits per heavy atom. The number of likely N-dealkylation sites (tertiary alicyclic amines) is 1. The largest absolute Gasteiger partial charge is 0.338 e. The second-order valence-corrected chi connectivity index (χ2v) is 10.8. The summed E-state index contributed by atoms with van der Waals surface area (Å²) in [5.41, 5.74) is 0.749. The van der Waals surface area contributed by atoms with Crippen LogP contribution in [0.15, 0.2) is 70.4 Å². The van der Waals surface area contributed by atoms with E-state index >= 15 is 0 Å². The maximum absolute atomic E-state index is 13.2. The number of pyridine rings is 1. The Balaban J connectivity index is 1.39. The van der Waals surface area contributed by atoms with E-state index in [0.717, 1.165) is 12.1 Å². The van der Waals surface area contributed by atoms with Gasteiger partial charge in [-0.2, -0.15) is 0 Å². The number of hydrogen-bond donors (Lipinski definition) is 1. The number of nitrogens with one attached hydrogen (secondary N) is 1. The van der Waals surface area contributed by atoms with Crippen molar-refractivity contribution in [2.24, 2.45) is 5.92 Å². The molecule has 0 aliphatic carbocycles. The molecule has 2 atom stereocenters. The monoisotopic (exact) mass is 501 g/mol. The highest BCUT2D eigenvalue weighted by atomic mass is 35.5. The minimum absolute atomic E-state index is 0.00541. The molecule has 2 aliphatic rings. The summed E-state index contributed by atoms with van der Waals surface area (Å²) in [5, 5.41) is 0.409. The summed E-state index contributed by atoms with van der Waals surface area (Å²) in [7, 11) is -3.95. The maximum Gasteiger partial charge on any atom is 0.275 e. The van der Waals surface area contributed by atoms with Gasteiger partial charge in [0.05, 0.1) is 4.90 Å². The molecule has 0 spiro atoms. The Hall–Kier alpha value is -3.17. The lowest BCUT2D eigenvalue weighted by Crippen LogP contribution is -2.49. The van der Waals surface area contributed by atoms with Gasteiger partial charge < -0.3 is 9.47 Å². The first-order valence-electron chi connectivity index (χ1n) is 10.8. The predicted octanol–water partition coefficient (Wildman–Crippen LogP) is 3.70. The van der Waals surface area contributed by atoms with Gasteiger partial charge in [0, 0.05) is 41.8 Å². The van der Waals surface area contributed by atoms with Crippen molar-refractivity contribution in [3.05, 3.63) is 93.1 Å². The molecule has 1 N–H and O–H groups in total. The maximum atomic E-state index is 13.2. The molecule has 1 saturated heterocycles. The number of amides is 1. The topological polar surface area (TPSA) is 88.5 Å². The second kappa shape index (κ2) is 8.56. The molecule has 0 unspecified atom stereocenters. The minimum atomic E-state index is -3.95. The van der Waals surface area contributed by atoms with E-state index < -0.39 is 21.4 Å². The quantitative estimate of drug-likeness (QED) is 0.590. The number of anilines is 1. The number of aromatic nitrogens is 1. The molecule has 3 aromatic rings. The number of halogens is 2. The molecular weight excluding hydrogens is 481 g/mol. The van der Waals surface area contributed by atoms with E-state index in [4.69, 9.17) is 11.6 Å². The third-order valence-electron chi connectivity index (χ3n) is 6.35. The summed E-state index contributed by atoms with van der Waals surface area (Å²) in [6.45, 7) is 1.29. The third-order valence-corrected chi connectivity index (χ3v) is 7.98. The van der Waals surface area contributed by atoms with Crippen molar-refractivity contribution in [1.82, 2.24) is 9.47 Å². The fourth-order valence-electron chi connectivity index (χ4n) is 4.78. The van der Waals surface area contributed by atoms with Crippen molar-refractivity contribution >= 4 is 33.2 Å². The van der Waals surface area contributed by atoms with Gasteiger partial charge in [-0.25, -0.2) is 12.8 Å². The standard InChI is InChI=1S/C24H21ClFN3O4S/c25-18-3-7-20(8-4-18)34(32,33)27-21-9-10-22-17-11-15(13-29(22)24(21)31)12-28(14-17)23(30)16-1-5-19(26)6-2-16/h1-10,15,17,27H,11-14H2/t15-,17+/m0/s1. The van der Waals surface area contributed by atoms with Crippen LogP contribution in [0.2, 0.25) is 5.02 Å². The lowest BCUT2D eigenvalue weighted by Gasteiger charge is -2.43. The van der Waals surface area contributed by atoms with Crippen LogP contribution in [0.25, 0.3) is 0 Å². The number of nitrogens with zero attached hydrogens (tertiary/aromatic N) is 2. The number of piperidine rings is 1. The van der Waals surface area contributed by atoms with Crippen LogP contribution in [0.4, 0.5) is 10.1 Å². The Labute approximate surface area is 200 Å². The Kier molecular flexibility index (Phi) is 5.69. The fourth-order valence-corrected chi connectivity index (χ4v) is 5.96. The van der Waals surface area contributed by atoms with Crippen LogP contribution in [0, 0.1) is 11.7 Å². The summed E-state index contributed by atoms with van der Waals surface area (Å²) >= 11 is 5.84. The van der Waals surface area contributed by atoms with Crippen LogP contribution in [-0.2, 0) is 16.6 Å². The van der Waals surface area contributed by atoms with Gasteiger partial charge in [-0.3, -0.25) is 14.3 Å². The summed E-state index contributed by atoms with van der Waals surface area (Å²) in [5.74, 6) is -0.566. The van der Waals surface area contributed by atoms with Crippen molar-refractivity contribution in [3.63, 3.8) is 0 Å². The van der Waals surface area contributed by atoms with E-state index in [0.29, 0.717) is 30.2 Å². The van der Waals surface area contributed by atoms with Crippen LogP contribution in [0.3, 0.4) is 0 Å². The molecule has 1 amide bonds. The third kappa shape index (κ3) is 4.21. The molecule has 2 bridgehead atoms. The number of rotatable bonds is 4. The number of hydrogen-bond acceptors (Lipinski definition) is 4. The van der Waals surface area contributed by atoms with Crippen LogP contribution in [0.5, 0.6) is 0 Å². The summed E-state index contributed by atoms with van der Waals surface area (Å²) in [4.78, 5) is 27.9. The Bertz CT molecular complexity index is 1420. The highest BCUT2D eigenvalue weighted by Crippen LogP contribution is 2.36. The lowest BCUT2D eigenvalue weighted by atomic mass is 9.83. The summed E-state index contributed by atoms with van der Waals surface area (Å²) in [6.07, 6.45) is 0.836. The molecule has 1 fully saturated rings. The summed E-state index contributed by atoms with van der Waals surface area (Å²) < 4.78 is 42.7. The van der Waals surface area contributed by atoms with Crippen molar-refractivity contribution in [2.75, 3.05) is 17.8 Å². The number of sulfonamides is 1. The molecular formula is C24H21ClFN3O4S. The van der Waals surface area contributed by atoms with Gasteiger partial charge >= 0.3 is 0 Å². The molecule has 0 radical (unpaired) electrons. The molecule has 2 aliphatic heterocycles. The molecule has 176 valence electrons. The zero-order chi connectivity index (χ0) is 24.0. The van der Waals surface area contributed by atoms with E-state index in [1.54, 1.807) is 15.5 Å². The van der Waals surface area contributed by atoms with Crippen LogP contribution >= 0.6 is 11.6 Å². The molecule has 34 heavy (non-hydrogen) atoms. The average molecular weight is 502 g/mol. The predicted molar refractivity (Wildman–Crippen MR) is 126 cm³/mol. The fraction of sp³-hybridized carbons (Fsp3) is 0.250. The van der Waals surface area contributed by atoms with Crippen molar-refractivity contribution < 1.29 is 17.6 Å². The number of benzene rings is 2. The van der Waals surface area contributed by atoms with Gasteiger partial charge in [0.1, 0.15) is 11.5 Å². The van der Waals surface area contributed by atoms with E-state index in [1.807, 2.05) is 0 Å². The average Bonchev–Trinajstić information content (AvgIpc) is 2.81. The van der Waals surface area contributed by atoms with Crippen molar-refractivity contribution in [3.8, 4) is 0 Å². The number of carbonyl (C=O) groups excluding carboxylic acids is 1. The molecule has 0 saturated carbocycles. The van der Waals surface area contributed by atoms with Crippen molar-refractivity contribution in [1.29, 1.82) is 0 Å². The van der Waals surface area contributed by atoms with Crippen LogP contribution in [0.1, 0.15) is 28.4 Å². The van der Waals surface area contributed by atoms with Crippen LogP contribution < -0.4 is 10.3 Å². The highest BCUT2D eigenvalue weighted by molar-refractivity contribution is 7.92. The van der Waals surface area contributed by atoms with E-state index in [1.165, 1.54) is 54.6 Å². The van der Waals surface area contributed by atoms with Gasteiger partial charge in [-0.1, -0.05) is 11.6 Å². The zero-order valence-corrected chi connectivity index (χ0v) is 19.5. The first-order chi connectivity index (χ1) is 16.2. The van der Waals surface area contributed by atoms with Gasteiger partial charge in [0.15, 0.2) is 0 Å². The summed E-state index contributed by atoms with van der Waals surface area (Å²) in [6, 6.07) is 14.4. The molecule has 10 heteroatoms. The lowest BCUT2D eigenvalue weighted by molar-refractivity contribution is 0.0594. The smallest absolute Gasteiger partial charge is 0.275 e. The highest BCUT2D eigenvalue weighted by Gasteiger charge is 2.37. The number of fused-ring (bicyclic) bond motifs is 4. The van der Waals surface area contributed by atoms with E-state index in [-0.39, 0.29) is 28.3 Å². The Morgan fingerprint density at radius 1 is 0.971 bits per heavy atom. The van der Waals surface area contributed by atoms with Crippen LogP contribution in [-0.4, -0.2) is 36.9 Å². The first-order valence-corrected chi connectivity index (χ1v) is 12.6. The van der Waals surface area contributed by atoms with Gasteiger partial charge in [-0.15, -0.1) is 0 Å². The van der Waals surface area contributed by atoms with Gasteiger partial charge in [-0.05, 0) is 73.0 Å². The Morgan fingerprint density at radius 3 is 2.38 bits per heavy atom. The second-order valence-electron chi connectivity index (χ2n) is 8.66. The van der Waals surface area contributed by atoms with E-state index in [9.17, 15) is 22.4 Å². The normalized spacial score (nSPS) is 19.4. The SMILES string of the molecule is O=C(c1ccc(F)cc1)N1C[C@@H]2C[C@H](C1)c1ccc(NS(=O)(=O)c3ccc(Cl)cc3)c(=O)n1C2. The first kappa shape index (κ1) is 22.6. The van der Waals surface area contributed by atoms with Crippen molar-refractivity contribution in [2.45, 2.75) is 23.8 Å². The molecule has 2 aromatic carbocycles. The molecule has 1 aromatic heterocycles. The zero-order valence-electron chi connectivity index (χ0n) is 17.9. The van der Waals surface area contributed by atoms with Gasteiger partial charge in [0.25, 0.3) is 21.5 Å². The van der Waals surface area contributed by atoms with Gasteiger partial charge in [0.2, 0.25) is 0 Å².